The Bertz CT molecular complexity index is 578. The minimum atomic E-state index is -3.43. The zero-order chi connectivity index (χ0) is 14.9. The molecule has 0 aromatic carbocycles. The molecule has 4 aliphatic rings. The predicted octanol–water partition coefficient (Wildman–Crippen LogP) is 0.445. The number of hydrogen-bond donors (Lipinski definition) is 0. The number of carbonyl (C=O) groups is 2. The number of fused-ring (bicyclic) bond motifs is 1. The van der Waals surface area contributed by atoms with Crippen molar-refractivity contribution in [2.75, 3.05) is 0 Å². The molecule has 0 aromatic rings. The maximum atomic E-state index is 12.2. The van der Waals surface area contributed by atoms with E-state index in [4.69, 9.17) is 9.47 Å². The minimum Gasteiger partial charge on any atom is -0.457 e. The van der Waals surface area contributed by atoms with Crippen molar-refractivity contribution in [2.45, 2.75) is 56.3 Å². The van der Waals surface area contributed by atoms with Gasteiger partial charge in [-0.1, -0.05) is 6.92 Å². The average Bonchev–Trinajstić information content (AvgIpc) is 2.72. The van der Waals surface area contributed by atoms with Crippen LogP contribution in [0.4, 0.5) is 0 Å². The molecule has 5 atom stereocenters. The van der Waals surface area contributed by atoms with Gasteiger partial charge in [0.1, 0.15) is 10.5 Å². The Morgan fingerprint density at radius 1 is 1.45 bits per heavy atom. The van der Waals surface area contributed by atoms with E-state index in [1.165, 1.54) is 0 Å². The fraction of sp³-hybridized carbons (Fsp3) is 0.846. The van der Waals surface area contributed by atoms with Crippen LogP contribution in [-0.2, 0) is 28.9 Å². The van der Waals surface area contributed by atoms with Crippen LogP contribution in [0.2, 0.25) is 0 Å². The largest absolute Gasteiger partial charge is 0.457 e. The number of hydrogen-bond acceptors (Lipinski definition) is 6. The van der Waals surface area contributed by atoms with Crippen molar-refractivity contribution in [3.05, 3.63) is 0 Å². The molecular formula is C13H18O6S. The summed E-state index contributed by atoms with van der Waals surface area (Å²) >= 11 is 0. The van der Waals surface area contributed by atoms with Gasteiger partial charge in [-0.15, -0.1) is 0 Å². The summed E-state index contributed by atoms with van der Waals surface area (Å²) in [5.41, 5.74) is -0.672. The van der Waals surface area contributed by atoms with E-state index in [-0.39, 0.29) is 0 Å². The Morgan fingerprint density at radius 2 is 2.10 bits per heavy atom. The smallest absolute Gasteiger partial charge is 0.311 e. The van der Waals surface area contributed by atoms with Crippen molar-refractivity contribution < 1.29 is 27.5 Å². The number of esters is 2. The lowest BCUT2D eigenvalue weighted by atomic mass is 9.82. The monoisotopic (exact) mass is 302 g/mol. The van der Waals surface area contributed by atoms with Crippen LogP contribution in [0.15, 0.2) is 0 Å². The third-order valence-electron chi connectivity index (χ3n) is 4.93. The van der Waals surface area contributed by atoms with Crippen LogP contribution >= 0.6 is 0 Å². The van der Waals surface area contributed by atoms with Gasteiger partial charge in [0.25, 0.3) is 0 Å². The molecule has 0 amide bonds. The minimum absolute atomic E-state index is 0.307. The molecule has 0 radical (unpaired) electrons. The molecule has 20 heavy (non-hydrogen) atoms. The first kappa shape index (κ1) is 13.9. The highest BCUT2D eigenvalue weighted by Gasteiger charge is 2.72. The maximum Gasteiger partial charge on any atom is 0.311 e. The summed E-state index contributed by atoms with van der Waals surface area (Å²) in [4.78, 5) is 23.8. The molecule has 4 fully saturated rings. The summed E-state index contributed by atoms with van der Waals surface area (Å²) < 4.78 is 35.1. The Morgan fingerprint density at radius 3 is 2.65 bits per heavy atom. The SMILES string of the molecule is CCC(C)(C)C(=O)OC1C2OC(=O)C3CC2S(=O)(=O)C31. The van der Waals surface area contributed by atoms with Crippen molar-refractivity contribution in [1.82, 2.24) is 0 Å². The van der Waals surface area contributed by atoms with Gasteiger partial charge in [0.15, 0.2) is 22.0 Å². The van der Waals surface area contributed by atoms with E-state index >= 15 is 0 Å². The Labute approximate surface area is 117 Å². The van der Waals surface area contributed by atoms with Gasteiger partial charge in [0.05, 0.1) is 11.3 Å². The van der Waals surface area contributed by atoms with Crippen LogP contribution in [0.1, 0.15) is 33.6 Å². The third kappa shape index (κ3) is 1.58. The first-order valence-corrected chi connectivity index (χ1v) is 8.45. The second kappa shape index (κ2) is 3.96. The molecule has 4 aliphatic heterocycles. The topological polar surface area (TPSA) is 86.7 Å². The van der Waals surface area contributed by atoms with Crippen LogP contribution in [0.3, 0.4) is 0 Å². The summed E-state index contributed by atoms with van der Waals surface area (Å²) in [6.45, 7) is 5.37. The maximum absolute atomic E-state index is 12.2. The summed E-state index contributed by atoms with van der Waals surface area (Å²) in [5, 5.41) is -1.60. The highest BCUT2D eigenvalue weighted by molar-refractivity contribution is 7.93. The molecule has 4 rings (SSSR count). The number of ether oxygens (including phenoxy) is 2. The van der Waals surface area contributed by atoms with Crippen molar-refractivity contribution in [3.8, 4) is 0 Å². The highest BCUT2D eigenvalue weighted by Crippen LogP contribution is 2.52. The van der Waals surface area contributed by atoms with Gasteiger partial charge in [0.2, 0.25) is 0 Å². The first-order valence-electron chi connectivity index (χ1n) is 6.84. The van der Waals surface area contributed by atoms with Gasteiger partial charge >= 0.3 is 11.9 Å². The summed E-state index contributed by atoms with van der Waals surface area (Å²) in [6, 6.07) is 0. The highest BCUT2D eigenvalue weighted by atomic mass is 32.2. The number of carbonyl (C=O) groups excluding carboxylic acids is 2. The zero-order valence-electron chi connectivity index (χ0n) is 11.7. The van der Waals surface area contributed by atoms with Gasteiger partial charge in [-0.2, -0.15) is 0 Å². The van der Waals surface area contributed by atoms with Gasteiger partial charge in [-0.25, -0.2) is 8.42 Å². The second-order valence-electron chi connectivity index (χ2n) is 6.44. The fourth-order valence-corrected chi connectivity index (χ4v) is 5.97. The summed E-state index contributed by atoms with van der Waals surface area (Å²) in [5.74, 6) is -1.58. The van der Waals surface area contributed by atoms with Crippen LogP contribution < -0.4 is 0 Å². The molecule has 0 aliphatic carbocycles. The van der Waals surface area contributed by atoms with Crippen LogP contribution in [0.25, 0.3) is 0 Å². The van der Waals surface area contributed by atoms with Crippen molar-refractivity contribution in [2.24, 2.45) is 11.3 Å². The molecular weight excluding hydrogens is 284 g/mol. The predicted molar refractivity (Wildman–Crippen MR) is 68.4 cm³/mol. The summed E-state index contributed by atoms with van der Waals surface area (Å²) in [7, 11) is -3.43. The molecule has 0 spiro atoms. The summed E-state index contributed by atoms with van der Waals surface area (Å²) in [6.07, 6.45) is -0.756. The van der Waals surface area contributed by atoms with Crippen molar-refractivity contribution in [1.29, 1.82) is 0 Å². The van der Waals surface area contributed by atoms with E-state index in [0.29, 0.717) is 12.8 Å². The fourth-order valence-electron chi connectivity index (χ4n) is 3.24. The van der Waals surface area contributed by atoms with E-state index in [2.05, 4.69) is 0 Å². The quantitative estimate of drug-likeness (QED) is 0.703. The van der Waals surface area contributed by atoms with Crippen LogP contribution in [0, 0.1) is 11.3 Å². The Hall–Kier alpha value is -1.11. The van der Waals surface area contributed by atoms with E-state index in [1.54, 1.807) is 13.8 Å². The molecule has 112 valence electrons. The number of sulfone groups is 1. The zero-order valence-corrected chi connectivity index (χ0v) is 12.5. The third-order valence-corrected chi connectivity index (χ3v) is 7.59. The molecule has 4 saturated heterocycles. The molecule has 0 N–H and O–H groups in total. The first-order chi connectivity index (χ1) is 9.20. The lowest BCUT2D eigenvalue weighted by Gasteiger charge is -2.38. The Balaban J connectivity index is 1.88. The van der Waals surface area contributed by atoms with Crippen LogP contribution in [-0.4, -0.2) is 43.1 Å². The van der Waals surface area contributed by atoms with Gasteiger partial charge in [-0.05, 0) is 26.7 Å². The lowest BCUT2D eigenvalue weighted by molar-refractivity contribution is -0.191. The van der Waals surface area contributed by atoms with Gasteiger partial charge in [-0.3, -0.25) is 9.59 Å². The van der Waals surface area contributed by atoms with E-state index in [1.807, 2.05) is 6.92 Å². The van der Waals surface area contributed by atoms with E-state index in [0.717, 1.165) is 0 Å². The van der Waals surface area contributed by atoms with E-state index in [9.17, 15) is 18.0 Å². The molecule has 4 heterocycles. The average molecular weight is 302 g/mol. The molecule has 4 bridgehead atoms. The standard InChI is InChI=1S/C13H18O6S/c1-4-13(2,3)12(15)19-9-8-7-5-6(11(14)18-8)10(9)20(7,16)17/h6-10H,4-5H2,1-3H3. The molecule has 7 heteroatoms. The molecule has 0 aromatic heterocycles. The van der Waals surface area contributed by atoms with Gasteiger partial charge < -0.3 is 9.47 Å². The molecule has 5 unspecified atom stereocenters. The van der Waals surface area contributed by atoms with E-state index < -0.39 is 55.8 Å². The number of rotatable bonds is 3. The molecule has 6 nitrogen and oxygen atoms in total. The van der Waals surface area contributed by atoms with Gasteiger partial charge in [0, 0.05) is 0 Å². The second-order valence-corrected chi connectivity index (χ2v) is 8.77. The van der Waals surface area contributed by atoms with Crippen molar-refractivity contribution >= 4 is 21.8 Å². The lowest BCUT2D eigenvalue weighted by Crippen LogP contribution is -2.55. The molecule has 0 saturated carbocycles. The van der Waals surface area contributed by atoms with Crippen LogP contribution in [0.5, 0.6) is 0 Å². The Kier molecular flexibility index (Phi) is 2.74. The van der Waals surface area contributed by atoms with Crippen molar-refractivity contribution in [3.63, 3.8) is 0 Å². The normalized spacial score (nSPS) is 40.8.